The van der Waals surface area contributed by atoms with Crippen LogP contribution in [-0.2, 0) is 9.59 Å². The smallest absolute Gasteiger partial charge is 0.316 e. The van der Waals surface area contributed by atoms with Gasteiger partial charge in [0, 0.05) is 18.8 Å². The summed E-state index contributed by atoms with van der Waals surface area (Å²) >= 11 is 0. The van der Waals surface area contributed by atoms with Crippen LogP contribution in [0.3, 0.4) is 0 Å². The van der Waals surface area contributed by atoms with Crippen molar-refractivity contribution in [1.29, 1.82) is 0 Å². The Bertz CT molecular complexity index is 362. The zero-order chi connectivity index (χ0) is 9.97. The Morgan fingerprint density at radius 1 is 1.14 bits per heavy atom. The summed E-state index contributed by atoms with van der Waals surface area (Å²) in [6, 6.07) is 9.19. The number of carbonyl (C=O) groups is 2. The van der Waals surface area contributed by atoms with Crippen molar-refractivity contribution in [1.82, 2.24) is 5.32 Å². The van der Waals surface area contributed by atoms with E-state index in [2.05, 4.69) is 5.32 Å². The lowest BCUT2D eigenvalue weighted by Crippen LogP contribution is -2.52. The van der Waals surface area contributed by atoms with E-state index in [4.69, 9.17) is 0 Å². The van der Waals surface area contributed by atoms with Gasteiger partial charge in [0.1, 0.15) is 0 Å². The van der Waals surface area contributed by atoms with E-state index in [1.54, 1.807) is 0 Å². The quantitative estimate of drug-likeness (QED) is 0.641. The molecule has 0 atom stereocenters. The molecule has 0 aliphatic carbocycles. The highest BCUT2D eigenvalue weighted by Gasteiger charge is 2.26. The SMILES string of the molecule is O=C1NCCN(c2ccccc2)C1=O. The van der Waals surface area contributed by atoms with E-state index in [1.165, 1.54) is 4.90 Å². The van der Waals surface area contributed by atoms with Crippen LogP contribution < -0.4 is 10.2 Å². The second kappa shape index (κ2) is 3.49. The van der Waals surface area contributed by atoms with Gasteiger partial charge < -0.3 is 10.2 Å². The molecule has 2 rings (SSSR count). The molecule has 1 saturated heterocycles. The Kier molecular flexibility index (Phi) is 2.18. The van der Waals surface area contributed by atoms with Crippen LogP contribution in [0.5, 0.6) is 0 Å². The maximum Gasteiger partial charge on any atom is 0.316 e. The Balaban J connectivity index is 2.26. The first-order valence-electron chi connectivity index (χ1n) is 4.44. The van der Waals surface area contributed by atoms with E-state index in [-0.39, 0.29) is 0 Å². The van der Waals surface area contributed by atoms with Crippen LogP contribution in [0.15, 0.2) is 30.3 Å². The van der Waals surface area contributed by atoms with Gasteiger partial charge in [-0.2, -0.15) is 0 Å². The number of para-hydroxylation sites is 1. The molecule has 14 heavy (non-hydrogen) atoms. The number of anilines is 1. The summed E-state index contributed by atoms with van der Waals surface area (Å²) < 4.78 is 0. The largest absolute Gasteiger partial charge is 0.346 e. The third-order valence-corrected chi connectivity index (χ3v) is 2.13. The van der Waals surface area contributed by atoms with E-state index in [9.17, 15) is 9.59 Å². The van der Waals surface area contributed by atoms with Crippen molar-refractivity contribution in [3.05, 3.63) is 30.3 Å². The zero-order valence-corrected chi connectivity index (χ0v) is 7.56. The van der Waals surface area contributed by atoms with E-state index >= 15 is 0 Å². The number of hydrogen-bond donors (Lipinski definition) is 1. The number of nitrogens with zero attached hydrogens (tertiary/aromatic N) is 1. The van der Waals surface area contributed by atoms with Crippen LogP contribution >= 0.6 is 0 Å². The highest BCUT2D eigenvalue weighted by molar-refractivity contribution is 6.41. The van der Waals surface area contributed by atoms with E-state index in [1.807, 2.05) is 30.3 Å². The third-order valence-electron chi connectivity index (χ3n) is 2.13. The van der Waals surface area contributed by atoms with Crippen LogP contribution in [0.25, 0.3) is 0 Å². The van der Waals surface area contributed by atoms with E-state index in [0.717, 1.165) is 5.69 Å². The summed E-state index contributed by atoms with van der Waals surface area (Å²) in [5.41, 5.74) is 0.771. The molecule has 0 saturated carbocycles. The minimum atomic E-state index is -0.528. The molecule has 0 spiro atoms. The number of carbonyl (C=O) groups excluding carboxylic acids is 2. The fraction of sp³-hybridized carbons (Fsp3) is 0.200. The minimum Gasteiger partial charge on any atom is -0.346 e. The van der Waals surface area contributed by atoms with Gasteiger partial charge in [0.05, 0.1) is 0 Å². The number of hydrogen-bond acceptors (Lipinski definition) is 2. The van der Waals surface area contributed by atoms with Crippen LogP contribution in [0.4, 0.5) is 5.69 Å². The van der Waals surface area contributed by atoms with Gasteiger partial charge in [0.25, 0.3) is 0 Å². The number of benzene rings is 1. The van der Waals surface area contributed by atoms with Crippen molar-refractivity contribution < 1.29 is 9.59 Å². The molecule has 1 heterocycles. The number of amides is 2. The molecule has 1 fully saturated rings. The first-order valence-corrected chi connectivity index (χ1v) is 4.44. The second-order valence-electron chi connectivity index (χ2n) is 3.05. The predicted octanol–water partition coefficient (Wildman–Crippen LogP) is 0.149. The third kappa shape index (κ3) is 1.46. The highest BCUT2D eigenvalue weighted by atomic mass is 16.2. The van der Waals surface area contributed by atoms with Crippen molar-refractivity contribution >= 4 is 17.5 Å². The molecule has 1 aromatic carbocycles. The van der Waals surface area contributed by atoms with E-state index < -0.39 is 11.8 Å². The van der Waals surface area contributed by atoms with Crippen LogP contribution in [0.1, 0.15) is 0 Å². The summed E-state index contributed by atoms with van der Waals surface area (Å²) in [5.74, 6) is -1.01. The Hall–Kier alpha value is -1.84. The number of nitrogens with one attached hydrogen (secondary N) is 1. The lowest BCUT2D eigenvalue weighted by molar-refractivity contribution is -0.138. The molecule has 0 unspecified atom stereocenters. The maximum atomic E-state index is 11.4. The first kappa shape index (κ1) is 8.74. The summed E-state index contributed by atoms with van der Waals surface area (Å²) in [5, 5.41) is 2.50. The van der Waals surface area contributed by atoms with Gasteiger partial charge in [0.2, 0.25) is 0 Å². The Labute approximate surface area is 81.5 Å². The number of rotatable bonds is 1. The zero-order valence-electron chi connectivity index (χ0n) is 7.56. The highest BCUT2D eigenvalue weighted by Crippen LogP contribution is 2.14. The molecule has 0 bridgehead atoms. The lowest BCUT2D eigenvalue weighted by Gasteiger charge is -2.26. The van der Waals surface area contributed by atoms with Gasteiger partial charge in [-0.25, -0.2) is 0 Å². The second-order valence-corrected chi connectivity index (χ2v) is 3.05. The Morgan fingerprint density at radius 2 is 1.86 bits per heavy atom. The van der Waals surface area contributed by atoms with Crippen LogP contribution in [0.2, 0.25) is 0 Å². The normalized spacial score (nSPS) is 16.7. The first-order chi connectivity index (χ1) is 6.79. The minimum absolute atomic E-state index is 0.484. The molecular weight excluding hydrogens is 180 g/mol. The molecule has 4 heteroatoms. The van der Waals surface area contributed by atoms with Gasteiger partial charge >= 0.3 is 11.8 Å². The van der Waals surface area contributed by atoms with Gasteiger partial charge in [-0.05, 0) is 12.1 Å². The monoisotopic (exact) mass is 190 g/mol. The lowest BCUT2D eigenvalue weighted by atomic mass is 10.2. The van der Waals surface area contributed by atoms with Gasteiger partial charge in [-0.15, -0.1) is 0 Å². The molecule has 1 aromatic rings. The average Bonchev–Trinajstić information content (AvgIpc) is 2.23. The molecule has 0 radical (unpaired) electrons. The molecule has 1 aliphatic rings. The standard InChI is InChI=1S/C10H10N2O2/c13-9-10(14)12(7-6-11-9)8-4-2-1-3-5-8/h1-5H,6-7H2,(H,11,13). The molecule has 2 amide bonds. The van der Waals surface area contributed by atoms with Crippen LogP contribution in [-0.4, -0.2) is 24.9 Å². The number of piperazine rings is 1. The molecule has 72 valence electrons. The molecule has 1 aliphatic heterocycles. The van der Waals surface area contributed by atoms with Crippen molar-refractivity contribution in [2.24, 2.45) is 0 Å². The fourth-order valence-electron chi connectivity index (χ4n) is 1.44. The average molecular weight is 190 g/mol. The molecule has 1 N–H and O–H groups in total. The topological polar surface area (TPSA) is 49.4 Å². The van der Waals surface area contributed by atoms with Gasteiger partial charge in [0.15, 0.2) is 0 Å². The maximum absolute atomic E-state index is 11.4. The van der Waals surface area contributed by atoms with E-state index in [0.29, 0.717) is 13.1 Å². The summed E-state index contributed by atoms with van der Waals surface area (Å²) in [6.45, 7) is 1.05. The van der Waals surface area contributed by atoms with Crippen molar-refractivity contribution in [2.45, 2.75) is 0 Å². The fourth-order valence-corrected chi connectivity index (χ4v) is 1.44. The summed E-state index contributed by atoms with van der Waals surface area (Å²) in [6.07, 6.45) is 0. The summed E-state index contributed by atoms with van der Waals surface area (Å²) in [4.78, 5) is 24.0. The van der Waals surface area contributed by atoms with Gasteiger partial charge in [-0.3, -0.25) is 9.59 Å². The van der Waals surface area contributed by atoms with Crippen molar-refractivity contribution in [3.63, 3.8) is 0 Å². The van der Waals surface area contributed by atoms with Crippen LogP contribution in [0, 0.1) is 0 Å². The van der Waals surface area contributed by atoms with Gasteiger partial charge in [-0.1, -0.05) is 18.2 Å². The summed E-state index contributed by atoms with van der Waals surface area (Å²) in [7, 11) is 0. The Morgan fingerprint density at radius 3 is 2.57 bits per heavy atom. The molecule has 0 aromatic heterocycles. The van der Waals surface area contributed by atoms with Crippen molar-refractivity contribution in [3.8, 4) is 0 Å². The van der Waals surface area contributed by atoms with Crippen molar-refractivity contribution in [2.75, 3.05) is 18.0 Å². The molecule has 4 nitrogen and oxygen atoms in total. The molecular formula is C10H10N2O2. The predicted molar refractivity (Wildman–Crippen MR) is 51.8 cm³/mol.